The first-order valence-electron chi connectivity index (χ1n) is 6.70. The highest BCUT2D eigenvalue weighted by Gasteiger charge is 2.47. The maximum atomic E-state index is 12.1. The quantitative estimate of drug-likeness (QED) is 0.263. The molecular formula is C14H16N4O4. The fourth-order valence-electron chi connectivity index (χ4n) is 2.43. The predicted molar refractivity (Wildman–Crippen MR) is 78.5 cm³/mol. The van der Waals surface area contributed by atoms with Crippen LogP contribution in [0.3, 0.4) is 0 Å². The van der Waals surface area contributed by atoms with Crippen LogP contribution in [0.4, 0.5) is 5.69 Å². The molecule has 1 saturated heterocycles. The van der Waals surface area contributed by atoms with Crippen LogP contribution in [0, 0.1) is 0 Å². The van der Waals surface area contributed by atoms with Crippen molar-refractivity contribution in [3.63, 3.8) is 0 Å². The Bertz CT molecular complexity index is 610. The molecule has 0 N–H and O–H groups in total. The molecule has 2 rings (SSSR count). The zero-order chi connectivity index (χ0) is 16.1. The van der Waals surface area contributed by atoms with Crippen LogP contribution in [0.15, 0.2) is 29.4 Å². The van der Waals surface area contributed by atoms with Gasteiger partial charge in [-0.2, -0.15) is 0 Å². The number of β-lactam (4-membered cyclic amide) rings is 1. The molecule has 0 spiro atoms. The van der Waals surface area contributed by atoms with Gasteiger partial charge in [0.15, 0.2) is 0 Å². The minimum absolute atomic E-state index is 0.151. The molecule has 0 aromatic heterocycles. The number of methoxy groups -OCH3 is 2. The molecular weight excluding hydrogens is 288 g/mol. The molecule has 2 atom stereocenters. The number of carbonyl (C=O) groups is 2. The van der Waals surface area contributed by atoms with Crippen molar-refractivity contribution in [3.8, 4) is 5.75 Å². The summed E-state index contributed by atoms with van der Waals surface area (Å²) in [7, 11) is 2.86. The van der Waals surface area contributed by atoms with Gasteiger partial charge in [-0.15, -0.1) is 0 Å². The summed E-state index contributed by atoms with van der Waals surface area (Å²) in [6.07, 6.45) is 0.521. The van der Waals surface area contributed by atoms with E-state index in [0.29, 0.717) is 17.9 Å². The van der Waals surface area contributed by atoms with E-state index in [2.05, 4.69) is 14.8 Å². The van der Waals surface area contributed by atoms with E-state index >= 15 is 0 Å². The lowest BCUT2D eigenvalue weighted by Crippen LogP contribution is -2.64. The van der Waals surface area contributed by atoms with Gasteiger partial charge in [0, 0.05) is 17.0 Å². The number of amides is 1. The number of hydrogen-bond acceptors (Lipinski definition) is 5. The second-order valence-corrected chi connectivity index (χ2v) is 4.74. The first kappa shape index (κ1) is 15.7. The van der Waals surface area contributed by atoms with Gasteiger partial charge in [-0.1, -0.05) is 5.11 Å². The van der Waals surface area contributed by atoms with Crippen molar-refractivity contribution in [3.05, 3.63) is 34.7 Å². The van der Waals surface area contributed by atoms with Crippen molar-refractivity contribution in [2.75, 3.05) is 19.1 Å². The fourth-order valence-corrected chi connectivity index (χ4v) is 2.43. The van der Waals surface area contributed by atoms with Crippen LogP contribution in [-0.4, -0.2) is 38.2 Å². The van der Waals surface area contributed by atoms with E-state index in [9.17, 15) is 9.59 Å². The average Bonchev–Trinajstić information content (AvgIpc) is 2.56. The Labute approximate surface area is 127 Å². The Hall–Kier alpha value is -2.73. The molecule has 1 aromatic rings. The van der Waals surface area contributed by atoms with E-state index in [1.165, 1.54) is 12.0 Å². The van der Waals surface area contributed by atoms with Gasteiger partial charge in [0.2, 0.25) is 5.91 Å². The van der Waals surface area contributed by atoms with E-state index in [4.69, 9.17) is 10.3 Å². The van der Waals surface area contributed by atoms with Crippen molar-refractivity contribution < 1.29 is 19.1 Å². The molecule has 1 heterocycles. The Balaban J connectivity index is 2.17. The zero-order valence-corrected chi connectivity index (χ0v) is 12.3. The monoisotopic (exact) mass is 304 g/mol. The zero-order valence-electron chi connectivity index (χ0n) is 12.3. The number of anilines is 1. The smallest absolute Gasteiger partial charge is 0.305 e. The Morgan fingerprint density at radius 1 is 1.36 bits per heavy atom. The van der Waals surface area contributed by atoms with Crippen LogP contribution >= 0.6 is 0 Å². The van der Waals surface area contributed by atoms with E-state index in [0.717, 1.165) is 0 Å². The van der Waals surface area contributed by atoms with Crippen molar-refractivity contribution in [1.82, 2.24) is 0 Å². The molecule has 0 saturated carbocycles. The number of nitrogens with zero attached hydrogens (tertiary/aromatic N) is 4. The third-order valence-electron chi connectivity index (χ3n) is 3.59. The van der Waals surface area contributed by atoms with Gasteiger partial charge in [0.25, 0.3) is 0 Å². The van der Waals surface area contributed by atoms with E-state index in [1.807, 2.05) is 0 Å². The molecule has 0 radical (unpaired) electrons. The topological polar surface area (TPSA) is 105 Å². The average molecular weight is 304 g/mol. The number of hydrogen-bond donors (Lipinski definition) is 0. The SMILES string of the molecule is COC(=O)CC[C@@H]1[C@H](N=[N+]=[N-])C(=O)N1c1ccc(OC)cc1. The standard InChI is InChI=1S/C14H16N4O4/c1-21-10-5-3-9(4-6-10)18-11(7-8-12(19)22-2)13(14(18)20)16-17-15/h3-6,11,13H,7-8H2,1-2H3/t11-,13+/m1/s1. The van der Waals surface area contributed by atoms with Crippen molar-refractivity contribution in [2.45, 2.75) is 24.9 Å². The molecule has 0 unspecified atom stereocenters. The van der Waals surface area contributed by atoms with Gasteiger partial charge >= 0.3 is 5.97 Å². The highest BCUT2D eigenvalue weighted by Crippen LogP contribution is 2.33. The van der Waals surface area contributed by atoms with Gasteiger partial charge in [-0.3, -0.25) is 9.59 Å². The number of esters is 1. The van der Waals surface area contributed by atoms with Crippen molar-refractivity contribution in [2.24, 2.45) is 5.11 Å². The van der Waals surface area contributed by atoms with Gasteiger partial charge in [0.05, 0.1) is 20.3 Å². The number of azide groups is 1. The molecule has 1 amide bonds. The second-order valence-electron chi connectivity index (χ2n) is 4.74. The second kappa shape index (κ2) is 6.82. The van der Waals surface area contributed by atoms with Crippen LogP contribution in [-0.2, 0) is 14.3 Å². The van der Waals surface area contributed by atoms with Crippen molar-refractivity contribution >= 4 is 17.6 Å². The van der Waals surface area contributed by atoms with Crippen LogP contribution in [0.25, 0.3) is 10.4 Å². The lowest BCUT2D eigenvalue weighted by molar-refractivity contribution is -0.141. The minimum atomic E-state index is -0.781. The summed E-state index contributed by atoms with van der Waals surface area (Å²) >= 11 is 0. The third kappa shape index (κ3) is 2.96. The van der Waals surface area contributed by atoms with Gasteiger partial charge in [-0.05, 0) is 36.2 Å². The Kier molecular flexibility index (Phi) is 4.85. The van der Waals surface area contributed by atoms with Crippen LogP contribution in [0.5, 0.6) is 5.75 Å². The van der Waals surface area contributed by atoms with E-state index < -0.39 is 6.04 Å². The Morgan fingerprint density at radius 2 is 2.05 bits per heavy atom. The number of rotatable bonds is 6. The fraction of sp³-hybridized carbons (Fsp3) is 0.429. The maximum absolute atomic E-state index is 12.1. The summed E-state index contributed by atoms with van der Waals surface area (Å²) in [5, 5.41) is 3.52. The molecule has 116 valence electrons. The maximum Gasteiger partial charge on any atom is 0.305 e. The molecule has 8 heteroatoms. The summed E-state index contributed by atoms with van der Waals surface area (Å²) < 4.78 is 9.68. The first-order valence-corrected chi connectivity index (χ1v) is 6.70. The Morgan fingerprint density at radius 3 is 2.59 bits per heavy atom. The van der Waals surface area contributed by atoms with Gasteiger partial charge in [-0.25, -0.2) is 0 Å². The van der Waals surface area contributed by atoms with Crippen LogP contribution in [0.2, 0.25) is 0 Å². The van der Waals surface area contributed by atoms with Crippen molar-refractivity contribution in [1.29, 1.82) is 0 Å². The molecule has 1 aromatic carbocycles. The highest BCUT2D eigenvalue weighted by molar-refractivity contribution is 6.05. The van der Waals surface area contributed by atoms with E-state index in [1.54, 1.807) is 31.4 Å². The third-order valence-corrected chi connectivity index (χ3v) is 3.59. The molecule has 22 heavy (non-hydrogen) atoms. The van der Waals surface area contributed by atoms with E-state index in [-0.39, 0.29) is 24.3 Å². The molecule has 0 aliphatic carbocycles. The molecule has 1 aliphatic heterocycles. The predicted octanol–water partition coefficient (Wildman–Crippen LogP) is 2.04. The number of ether oxygens (including phenoxy) is 2. The van der Waals surface area contributed by atoms with Crippen LogP contribution in [0.1, 0.15) is 12.8 Å². The van der Waals surface area contributed by atoms with Gasteiger partial charge in [0.1, 0.15) is 11.8 Å². The molecule has 8 nitrogen and oxygen atoms in total. The summed E-state index contributed by atoms with van der Waals surface area (Å²) in [5.41, 5.74) is 9.24. The number of benzene rings is 1. The summed E-state index contributed by atoms with van der Waals surface area (Å²) in [6.45, 7) is 0. The normalized spacial score (nSPS) is 19.9. The van der Waals surface area contributed by atoms with Gasteiger partial charge < -0.3 is 14.4 Å². The summed E-state index contributed by atoms with van der Waals surface area (Å²) in [6, 6.07) is 5.83. The minimum Gasteiger partial charge on any atom is -0.497 e. The number of carbonyl (C=O) groups excluding carboxylic acids is 2. The summed E-state index contributed by atoms with van der Waals surface area (Å²) in [4.78, 5) is 27.7. The van der Waals surface area contributed by atoms with Crippen LogP contribution < -0.4 is 9.64 Å². The summed E-state index contributed by atoms with van der Waals surface area (Å²) in [5.74, 6) is 0.0287. The molecule has 1 aliphatic rings. The lowest BCUT2D eigenvalue weighted by atomic mass is 9.90. The largest absolute Gasteiger partial charge is 0.497 e. The molecule has 0 bridgehead atoms. The lowest BCUT2D eigenvalue weighted by Gasteiger charge is -2.45. The first-order chi connectivity index (χ1) is 10.6. The highest BCUT2D eigenvalue weighted by atomic mass is 16.5. The molecule has 1 fully saturated rings.